The van der Waals surface area contributed by atoms with E-state index in [1.165, 1.54) is 24.3 Å². The summed E-state index contributed by atoms with van der Waals surface area (Å²) in [5, 5.41) is 2.68. The minimum Gasteiger partial charge on any atom is -0.325 e. The molecule has 2 N–H and O–H groups in total. The number of urea groups is 1. The van der Waals surface area contributed by atoms with Gasteiger partial charge in [-0.15, -0.1) is 0 Å². The quantitative estimate of drug-likeness (QED) is 0.294. The van der Waals surface area contributed by atoms with Gasteiger partial charge in [0.25, 0.3) is 21.8 Å². The second-order valence-corrected chi connectivity index (χ2v) is 11.7. The average Bonchev–Trinajstić information content (AvgIpc) is 3.24. The fourth-order valence-corrected chi connectivity index (χ4v) is 5.91. The molecule has 2 atom stereocenters. The number of carbonyl (C=O) groups excluding carboxylic acids is 3. The lowest BCUT2D eigenvalue weighted by molar-refractivity contribution is -0.135. The Balaban J connectivity index is 1.36. The Kier molecular flexibility index (Phi) is 7.98. The van der Waals surface area contributed by atoms with Crippen LogP contribution in [0.3, 0.4) is 0 Å². The van der Waals surface area contributed by atoms with Crippen LogP contribution in [-0.4, -0.2) is 43.2 Å². The van der Waals surface area contributed by atoms with Gasteiger partial charge in [-0.1, -0.05) is 103 Å². The van der Waals surface area contributed by atoms with E-state index in [4.69, 9.17) is 0 Å². The van der Waals surface area contributed by atoms with Crippen LogP contribution in [0, 0.1) is 6.92 Å². The molecule has 4 aromatic rings. The number of benzene rings is 4. The first-order valence-corrected chi connectivity index (χ1v) is 14.6. The summed E-state index contributed by atoms with van der Waals surface area (Å²) in [5.41, 5.74) is 4.75. The molecule has 41 heavy (non-hydrogen) atoms. The van der Waals surface area contributed by atoms with Crippen molar-refractivity contribution in [3.05, 3.63) is 126 Å². The monoisotopic (exact) mass is 567 g/mol. The summed E-state index contributed by atoms with van der Waals surface area (Å²) < 4.78 is 27.9. The number of aryl methyl sites for hydroxylation is 1. The van der Waals surface area contributed by atoms with E-state index in [1.807, 2.05) is 49.4 Å². The Labute approximate surface area is 239 Å². The molecule has 0 aromatic heterocycles. The van der Waals surface area contributed by atoms with Gasteiger partial charge >= 0.3 is 6.03 Å². The number of sulfonamides is 1. The van der Waals surface area contributed by atoms with Crippen molar-refractivity contribution in [1.29, 1.82) is 0 Å². The molecule has 4 amide bonds. The first-order chi connectivity index (χ1) is 19.7. The van der Waals surface area contributed by atoms with Gasteiger partial charge in [0.2, 0.25) is 0 Å². The molecule has 0 saturated carbocycles. The van der Waals surface area contributed by atoms with Gasteiger partial charge in [0.1, 0.15) is 12.1 Å². The van der Waals surface area contributed by atoms with E-state index in [2.05, 4.69) is 16.1 Å². The standard InChI is InChI=1S/C32H29N3O5S/c1-22-9-8-12-26(19-22)25-17-15-24(16-18-25)20-28-31(37)35(32(38)33-28)29(21-23-10-4-2-5-11-23)30(36)34-41(39,40)27-13-6-3-7-14-27/h2-19,28-29H,20-21H2,1H3,(H,33,38)(H,34,36)/t28-,29-/m0/s1. The number of rotatable bonds is 9. The highest BCUT2D eigenvalue weighted by molar-refractivity contribution is 7.90. The molecule has 1 fully saturated rings. The largest absolute Gasteiger partial charge is 0.325 e. The highest BCUT2D eigenvalue weighted by Crippen LogP contribution is 2.23. The average molecular weight is 568 g/mol. The molecule has 1 aliphatic rings. The molecule has 8 nitrogen and oxygen atoms in total. The molecule has 0 aliphatic carbocycles. The first kappa shape index (κ1) is 27.8. The molecule has 0 bridgehead atoms. The van der Waals surface area contributed by atoms with Crippen LogP contribution in [0.25, 0.3) is 11.1 Å². The number of imide groups is 1. The van der Waals surface area contributed by atoms with Crippen LogP contribution >= 0.6 is 0 Å². The summed E-state index contributed by atoms with van der Waals surface area (Å²) in [5.74, 6) is -1.56. The van der Waals surface area contributed by atoms with Gasteiger partial charge in [0, 0.05) is 12.8 Å². The molecule has 4 aromatic carbocycles. The second-order valence-electron chi connectivity index (χ2n) is 9.97. The molecule has 5 rings (SSSR count). The van der Waals surface area contributed by atoms with Gasteiger partial charge in [-0.05, 0) is 41.3 Å². The SMILES string of the molecule is Cc1cccc(-c2ccc(C[C@@H]3NC(=O)N([C@@H](Cc4ccccc4)C(=O)NS(=O)(=O)c4ccccc4)C3=O)cc2)c1. The topological polar surface area (TPSA) is 113 Å². The van der Waals surface area contributed by atoms with Crippen LogP contribution in [0.4, 0.5) is 4.79 Å². The van der Waals surface area contributed by atoms with Gasteiger partial charge in [0.15, 0.2) is 0 Å². The Morgan fingerprint density at radius 1 is 0.829 bits per heavy atom. The van der Waals surface area contributed by atoms with E-state index < -0.39 is 40.0 Å². The van der Waals surface area contributed by atoms with Crippen molar-refractivity contribution in [2.24, 2.45) is 0 Å². The lowest BCUT2D eigenvalue weighted by atomic mass is 9.99. The summed E-state index contributed by atoms with van der Waals surface area (Å²) in [4.78, 5) is 40.8. The number of nitrogens with one attached hydrogen (secondary N) is 2. The first-order valence-electron chi connectivity index (χ1n) is 13.2. The summed E-state index contributed by atoms with van der Waals surface area (Å²) in [7, 11) is -4.22. The maximum absolute atomic E-state index is 13.5. The van der Waals surface area contributed by atoms with Crippen LogP contribution in [-0.2, 0) is 32.5 Å². The Morgan fingerprint density at radius 3 is 2.15 bits per heavy atom. The Bertz CT molecular complexity index is 1670. The zero-order chi connectivity index (χ0) is 29.0. The maximum atomic E-state index is 13.5. The number of hydrogen-bond donors (Lipinski definition) is 2. The van der Waals surface area contributed by atoms with E-state index in [-0.39, 0.29) is 17.7 Å². The number of hydrogen-bond acceptors (Lipinski definition) is 5. The van der Waals surface area contributed by atoms with Gasteiger partial charge < -0.3 is 5.32 Å². The molecular weight excluding hydrogens is 538 g/mol. The predicted molar refractivity (Wildman–Crippen MR) is 155 cm³/mol. The van der Waals surface area contributed by atoms with E-state index in [0.29, 0.717) is 5.56 Å². The lowest BCUT2D eigenvalue weighted by Crippen LogP contribution is -2.52. The summed E-state index contributed by atoms with van der Waals surface area (Å²) in [6.45, 7) is 2.03. The highest BCUT2D eigenvalue weighted by atomic mass is 32.2. The number of amides is 4. The third-order valence-corrected chi connectivity index (χ3v) is 8.33. The van der Waals surface area contributed by atoms with Crippen molar-refractivity contribution in [3.63, 3.8) is 0 Å². The Morgan fingerprint density at radius 2 is 1.49 bits per heavy atom. The zero-order valence-corrected chi connectivity index (χ0v) is 23.2. The van der Waals surface area contributed by atoms with E-state index in [9.17, 15) is 22.8 Å². The van der Waals surface area contributed by atoms with Crippen molar-refractivity contribution in [2.45, 2.75) is 36.7 Å². The molecular formula is C32H29N3O5S. The van der Waals surface area contributed by atoms with Crippen LogP contribution in [0.2, 0.25) is 0 Å². The minimum atomic E-state index is -4.22. The number of carbonyl (C=O) groups is 3. The molecule has 0 spiro atoms. The van der Waals surface area contributed by atoms with Crippen LogP contribution < -0.4 is 10.0 Å². The molecule has 9 heteroatoms. The molecule has 0 radical (unpaired) electrons. The van der Waals surface area contributed by atoms with Crippen LogP contribution in [0.1, 0.15) is 16.7 Å². The molecule has 208 valence electrons. The lowest BCUT2D eigenvalue weighted by Gasteiger charge is -2.24. The fourth-order valence-electron chi connectivity index (χ4n) is 4.87. The predicted octanol–water partition coefficient (Wildman–Crippen LogP) is 4.24. The van der Waals surface area contributed by atoms with Crippen molar-refractivity contribution in [3.8, 4) is 11.1 Å². The maximum Gasteiger partial charge on any atom is 0.325 e. The van der Waals surface area contributed by atoms with Gasteiger partial charge in [-0.2, -0.15) is 0 Å². The third-order valence-electron chi connectivity index (χ3n) is 6.97. The molecule has 0 unspecified atom stereocenters. The normalized spacial score (nSPS) is 15.8. The van der Waals surface area contributed by atoms with E-state index >= 15 is 0 Å². The summed E-state index contributed by atoms with van der Waals surface area (Å²) in [6, 6.07) is 29.1. The fraction of sp³-hybridized carbons (Fsp3) is 0.156. The van der Waals surface area contributed by atoms with Gasteiger partial charge in [-0.25, -0.2) is 22.8 Å². The highest BCUT2D eigenvalue weighted by Gasteiger charge is 2.45. The summed E-state index contributed by atoms with van der Waals surface area (Å²) in [6.07, 6.45) is 0.172. The summed E-state index contributed by atoms with van der Waals surface area (Å²) >= 11 is 0. The van der Waals surface area contributed by atoms with Crippen molar-refractivity contribution in [1.82, 2.24) is 14.9 Å². The van der Waals surface area contributed by atoms with E-state index in [1.54, 1.807) is 36.4 Å². The van der Waals surface area contributed by atoms with Crippen LogP contribution in [0.15, 0.2) is 114 Å². The van der Waals surface area contributed by atoms with Gasteiger partial charge in [-0.3, -0.25) is 9.59 Å². The van der Waals surface area contributed by atoms with E-state index in [0.717, 1.165) is 27.2 Å². The molecule has 1 saturated heterocycles. The smallest absolute Gasteiger partial charge is 0.325 e. The van der Waals surface area contributed by atoms with Gasteiger partial charge in [0.05, 0.1) is 4.90 Å². The third kappa shape index (κ3) is 6.36. The molecule has 1 heterocycles. The second kappa shape index (κ2) is 11.8. The van der Waals surface area contributed by atoms with Crippen molar-refractivity contribution >= 4 is 27.9 Å². The molecule has 1 aliphatic heterocycles. The zero-order valence-electron chi connectivity index (χ0n) is 22.4. The van der Waals surface area contributed by atoms with Crippen molar-refractivity contribution in [2.75, 3.05) is 0 Å². The van der Waals surface area contributed by atoms with Crippen LogP contribution in [0.5, 0.6) is 0 Å². The Hall–Kier alpha value is -4.76. The minimum absolute atomic E-state index is 0.0476. The number of nitrogens with zero attached hydrogens (tertiary/aromatic N) is 1. The van der Waals surface area contributed by atoms with Crippen molar-refractivity contribution < 1.29 is 22.8 Å².